The first kappa shape index (κ1) is 18.2. The molecule has 6 heteroatoms. The van der Waals surface area contributed by atoms with E-state index in [4.69, 9.17) is 9.15 Å². The van der Waals surface area contributed by atoms with Gasteiger partial charge in [-0.3, -0.25) is 9.59 Å². The summed E-state index contributed by atoms with van der Waals surface area (Å²) in [4.78, 5) is 30.2. The van der Waals surface area contributed by atoms with Crippen molar-refractivity contribution in [3.8, 4) is 11.3 Å². The minimum absolute atomic E-state index is 0.0757. The van der Waals surface area contributed by atoms with Crippen LogP contribution in [0.5, 0.6) is 0 Å². The Hall–Kier alpha value is -2.63. The normalized spacial score (nSPS) is 15.0. The van der Waals surface area contributed by atoms with Gasteiger partial charge in [-0.05, 0) is 19.8 Å². The second-order valence-corrected chi connectivity index (χ2v) is 6.39. The van der Waals surface area contributed by atoms with E-state index in [0.29, 0.717) is 57.0 Å². The van der Waals surface area contributed by atoms with Crippen molar-refractivity contribution >= 4 is 11.9 Å². The van der Waals surface area contributed by atoms with Gasteiger partial charge < -0.3 is 14.1 Å². The topological polar surface area (TPSA) is 72.6 Å². The molecule has 2 heterocycles. The minimum atomic E-state index is -0.146. The highest BCUT2D eigenvalue weighted by Crippen LogP contribution is 2.22. The van der Waals surface area contributed by atoms with Crippen LogP contribution in [0, 0.1) is 5.92 Å². The molecule has 26 heavy (non-hydrogen) atoms. The minimum Gasteiger partial charge on any atom is -0.466 e. The summed E-state index contributed by atoms with van der Waals surface area (Å²) in [5.41, 5.74) is 0.971. The molecule has 1 aromatic carbocycles. The van der Waals surface area contributed by atoms with Crippen molar-refractivity contribution < 1.29 is 18.7 Å². The van der Waals surface area contributed by atoms with Gasteiger partial charge in [0.2, 0.25) is 5.91 Å². The Bertz CT molecular complexity index is 733. The fourth-order valence-electron chi connectivity index (χ4n) is 3.16. The van der Waals surface area contributed by atoms with E-state index in [9.17, 15) is 9.59 Å². The predicted octanol–water partition coefficient (Wildman–Crippen LogP) is 3.08. The van der Waals surface area contributed by atoms with Crippen LogP contribution < -0.4 is 0 Å². The Morgan fingerprint density at radius 3 is 2.65 bits per heavy atom. The zero-order chi connectivity index (χ0) is 18.4. The number of hydrogen-bond acceptors (Lipinski definition) is 5. The molecule has 1 aliphatic heterocycles. The van der Waals surface area contributed by atoms with Crippen LogP contribution in [-0.4, -0.2) is 41.5 Å². The first-order chi connectivity index (χ1) is 12.7. The highest BCUT2D eigenvalue weighted by atomic mass is 16.5. The number of rotatable bonds is 6. The van der Waals surface area contributed by atoms with Gasteiger partial charge in [0.25, 0.3) is 0 Å². The third-order valence-electron chi connectivity index (χ3n) is 4.63. The molecule has 0 bridgehead atoms. The van der Waals surface area contributed by atoms with Crippen LogP contribution in [-0.2, 0) is 20.7 Å². The number of esters is 1. The Balaban J connectivity index is 1.46. The van der Waals surface area contributed by atoms with E-state index in [1.165, 1.54) is 0 Å². The number of ether oxygens (including phenoxy) is 1. The van der Waals surface area contributed by atoms with Crippen LogP contribution in [0.3, 0.4) is 0 Å². The molecule has 0 spiro atoms. The van der Waals surface area contributed by atoms with Crippen LogP contribution in [0.15, 0.2) is 40.9 Å². The highest BCUT2D eigenvalue weighted by Gasteiger charge is 2.28. The van der Waals surface area contributed by atoms with Crippen molar-refractivity contribution in [1.29, 1.82) is 0 Å². The van der Waals surface area contributed by atoms with Crippen molar-refractivity contribution in [3.63, 3.8) is 0 Å². The number of hydrogen-bond donors (Lipinski definition) is 0. The molecule has 138 valence electrons. The number of amides is 1. The number of carbonyl (C=O) groups excluding carboxylic acids is 2. The summed E-state index contributed by atoms with van der Waals surface area (Å²) in [6.45, 7) is 3.41. The first-order valence-electron chi connectivity index (χ1n) is 9.12. The highest BCUT2D eigenvalue weighted by molar-refractivity contribution is 5.77. The Kier molecular flexibility index (Phi) is 6.04. The summed E-state index contributed by atoms with van der Waals surface area (Å²) < 4.78 is 10.8. The van der Waals surface area contributed by atoms with E-state index in [1.54, 1.807) is 6.20 Å². The third kappa shape index (κ3) is 4.50. The standard InChI is InChI=1S/C20H24N2O4/c1-2-25-20(24)16-10-12-22(13-11-16)19(23)9-8-18-21-14-17(26-18)15-6-4-3-5-7-15/h3-7,14,16H,2,8-13H2,1H3. The lowest BCUT2D eigenvalue weighted by molar-refractivity contribution is -0.151. The van der Waals surface area contributed by atoms with Gasteiger partial charge in [0, 0.05) is 31.5 Å². The maximum absolute atomic E-state index is 12.4. The van der Waals surface area contributed by atoms with Crippen molar-refractivity contribution in [3.05, 3.63) is 42.4 Å². The number of piperidine rings is 1. The second-order valence-electron chi connectivity index (χ2n) is 6.39. The van der Waals surface area contributed by atoms with Gasteiger partial charge in [0.05, 0.1) is 18.7 Å². The summed E-state index contributed by atoms with van der Waals surface area (Å²) in [6.07, 6.45) is 3.87. The molecule has 1 amide bonds. The quantitative estimate of drug-likeness (QED) is 0.744. The van der Waals surface area contributed by atoms with E-state index in [1.807, 2.05) is 42.2 Å². The van der Waals surface area contributed by atoms with Gasteiger partial charge in [0.1, 0.15) is 0 Å². The summed E-state index contributed by atoms with van der Waals surface area (Å²) in [5, 5.41) is 0. The van der Waals surface area contributed by atoms with Crippen LogP contribution in [0.25, 0.3) is 11.3 Å². The number of likely N-dealkylation sites (tertiary alicyclic amines) is 1. The van der Waals surface area contributed by atoms with Crippen LogP contribution in [0.4, 0.5) is 0 Å². The number of oxazole rings is 1. The molecule has 3 rings (SSSR count). The first-order valence-corrected chi connectivity index (χ1v) is 9.12. The van der Waals surface area contributed by atoms with Crippen LogP contribution >= 0.6 is 0 Å². The maximum atomic E-state index is 12.4. The molecule has 6 nitrogen and oxygen atoms in total. The van der Waals surface area contributed by atoms with Gasteiger partial charge in [-0.25, -0.2) is 4.98 Å². The zero-order valence-electron chi connectivity index (χ0n) is 15.0. The number of benzene rings is 1. The van der Waals surface area contributed by atoms with Gasteiger partial charge in [-0.15, -0.1) is 0 Å². The van der Waals surface area contributed by atoms with E-state index in [-0.39, 0.29) is 17.8 Å². The van der Waals surface area contributed by atoms with Gasteiger partial charge in [-0.1, -0.05) is 30.3 Å². The van der Waals surface area contributed by atoms with Gasteiger partial charge in [0.15, 0.2) is 11.7 Å². The van der Waals surface area contributed by atoms with Crippen LogP contribution in [0.1, 0.15) is 32.1 Å². The van der Waals surface area contributed by atoms with E-state index < -0.39 is 0 Å². The van der Waals surface area contributed by atoms with E-state index in [2.05, 4.69) is 4.98 Å². The van der Waals surface area contributed by atoms with E-state index >= 15 is 0 Å². The lowest BCUT2D eigenvalue weighted by Crippen LogP contribution is -2.40. The molecule has 0 N–H and O–H groups in total. The number of aromatic nitrogens is 1. The Morgan fingerprint density at radius 2 is 1.96 bits per heavy atom. The summed E-state index contributed by atoms with van der Waals surface area (Å²) in [6, 6.07) is 9.76. The lowest BCUT2D eigenvalue weighted by Gasteiger charge is -2.30. The Morgan fingerprint density at radius 1 is 1.23 bits per heavy atom. The molecule has 1 fully saturated rings. The monoisotopic (exact) mass is 356 g/mol. The molecule has 0 radical (unpaired) electrons. The molecule has 1 saturated heterocycles. The molecular formula is C20H24N2O4. The lowest BCUT2D eigenvalue weighted by atomic mass is 9.97. The largest absolute Gasteiger partial charge is 0.466 e. The summed E-state index contributed by atoms with van der Waals surface area (Å²) in [7, 11) is 0. The van der Waals surface area contributed by atoms with E-state index in [0.717, 1.165) is 5.56 Å². The zero-order valence-corrected chi connectivity index (χ0v) is 15.0. The molecule has 2 aromatic rings. The average molecular weight is 356 g/mol. The summed E-state index contributed by atoms with van der Waals surface area (Å²) >= 11 is 0. The average Bonchev–Trinajstić information content (AvgIpc) is 3.16. The SMILES string of the molecule is CCOC(=O)C1CCN(C(=O)CCc2ncc(-c3ccccc3)o2)CC1. The fraction of sp³-hybridized carbons (Fsp3) is 0.450. The molecule has 0 unspecified atom stereocenters. The number of carbonyl (C=O) groups is 2. The molecule has 0 aliphatic carbocycles. The molecule has 1 aromatic heterocycles. The van der Waals surface area contributed by atoms with Gasteiger partial charge >= 0.3 is 5.97 Å². The van der Waals surface area contributed by atoms with Crippen molar-refractivity contribution in [2.75, 3.05) is 19.7 Å². The number of aryl methyl sites for hydroxylation is 1. The molecular weight excluding hydrogens is 332 g/mol. The Labute approximate surface area is 153 Å². The molecule has 1 aliphatic rings. The van der Waals surface area contributed by atoms with Crippen molar-refractivity contribution in [1.82, 2.24) is 9.88 Å². The number of nitrogens with zero attached hydrogens (tertiary/aromatic N) is 2. The fourth-order valence-corrected chi connectivity index (χ4v) is 3.16. The van der Waals surface area contributed by atoms with Gasteiger partial charge in [-0.2, -0.15) is 0 Å². The summed E-state index contributed by atoms with van der Waals surface area (Å²) in [5.74, 6) is 1.13. The molecule has 0 atom stereocenters. The molecule has 0 saturated carbocycles. The predicted molar refractivity (Wildman–Crippen MR) is 96.2 cm³/mol. The van der Waals surface area contributed by atoms with Crippen LogP contribution in [0.2, 0.25) is 0 Å². The maximum Gasteiger partial charge on any atom is 0.309 e. The smallest absolute Gasteiger partial charge is 0.309 e. The third-order valence-corrected chi connectivity index (χ3v) is 4.63. The second kappa shape index (κ2) is 8.65. The van der Waals surface area contributed by atoms with Crippen molar-refractivity contribution in [2.45, 2.75) is 32.6 Å². The van der Waals surface area contributed by atoms with Crippen molar-refractivity contribution in [2.24, 2.45) is 5.92 Å².